The molecule has 0 aliphatic heterocycles. The van der Waals surface area contributed by atoms with Gasteiger partial charge in [0.15, 0.2) is 0 Å². The summed E-state index contributed by atoms with van der Waals surface area (Å²) in [6.45, 7) is 2.26. The van der Waals surface area contributed by atoms with E-state index in [1.807, 2.05) is 31.2 Å². The predicted molar refractivity (Wildman–Crippen MR) is 78.3 cm³/mol. The van der Waals surface area contributed by atoms with Gasteiger partial charge < -0.3 is 14.7 Å². The second kappa shape index (κ2) is 8.71. The molecular weight excluding hydrogens is 326 g/mol. The molecule has 1 aromatic carbocycles. The van der Waals surface area contributed by atoms with E-state index in [0.717, 1.165) is 16.5 Å². The molecule has 5 nitrogen and oxygen atoms in total. The summed E-state index contributed by atoms with van der Waals surface area (Å²) in [4.78, 5) is 24.1. The molecule has 1 N–H and O–H groups in total. The number of ether oxygens (including phenoxy) is 1. The summed E-state index contributed by atoms with van der Waals surface area (Å²) < 4.78 is 6.06. The molecule has 0 radical (unpaired) electrons. The average Bonchev–Trinajstić information content (AvgIpc) is 2.37. The Bertz CT molecular complexity index is 464. The predicted octanol–water partition coefficient (Wildman–Crippen LogP) is 2.29. The van der Waals surface area contributed by atoms with Crippen molar-refractivity contribution in [1.82, 2.24) is 4.90 Å². The van der Waals surface area contributed by atoms with Crippen molar-refractivity contribution < 1.29 is 19.4 Å². The van der Waals surface area contributed by atoms with Crippen LogP contribution in [0, 0.1) is 0 Å². The third-order valence-electron chi connectivity index (χ3n) is 2.52. The van der Waals surface area contributed by atoms with Crippen LogP contribution in [0.3, 0.4) is 0 Å². The summed E-state index contributed by atoms with van der Waals surface area (Å²) in [6.07, 6.45) is 0.817. The van der Waals surface area contributed by atoms with Gasteiger partial charge in [-0.05, 0) is 24.1 Å². The number of carbonyl (C=O) groups excluding carboxylic acids is 1. The Hall–Kier alpha value is -1.40. The molecule has 6 heteroatoms. The van der Waals surface area contributed by atoms with Gasteiger partial charge in [0, 0.05) is 17.6 Å². The highest BCUT2D eigenvalue weighted by Crippen LogP contribution is 2.13. The van der Waals surface area contributed by atoms with E-state index in [1.165, 1.54) is 4.90 Å². The Balaban J connectivity index is 2.68. The number of rotatable bonds is 8. The number of carboxylic acids is 1. The van der Waals surface area contributed by atoms with Crippen molar-refractivity contribution in [3.63, 3.8) is 0 Å². The molecule has 1 rings (SSSR count). The lowest BCUT2D eigenvalue weighted by molar-refractivity contribution is -0.147. The third kappa shape index (κ3) is 6.16. The van der Waals surface area contributed by atoms with E-state index in [-0.39, 0.29) is 25.6 Å². The maximum atomic E-state index is 12.0. The van der Waals surface area contributed by atoms with Crippen molar-refractivity contribution in [2.24, 2.45) is 0 Å². The summed E-state index contributed by atoms with van der Waals surface area (Å²) in [5.74, 6) is -1.36. The molecule has 0 aliphatic rings. The highest BCUT2D eigenvalue weighted by Gasteiger charge is 2.17. The molecule has 0 saturated carbocycles. The molecule has 0 heterocycles. The first-order valence-electron chi connectivity index (χ1n) is 6.34. The molecular formula is C14H18BrNO4. The zero-order chi connectivity index (χ0) is 15.0. The standard InChI is InChI=1S/C14H18BrNO4/c1-2-6-20-10-13(17)16(9-14(18)19)8-11-4-3-5-12(15)7-11/h3-5,7H,2,6,8-10H2,1H3,(H,18,19). The minimum atomic E-state index is -1.04. The van der Waals surface area contributed by atoms with Crippen molar-refractivity contribution >= 4 is 27.8 Å². The highest BCUT2D eigenvalue weighted by molar-refractivity contribution is 9.10. The van der Waals surface area contributed by atoms with Gasteiger partial charge in [0.05, 0.1) is 0 Å². The lowest BCUT2D eigenvalue weighted by Gasteiger charge is -2.21. The fourth-order valence-corrected chi connectivity index (χ4v) is 2.09. The van der Waals surface area contributed by atoms with Crippen LogP contribution in [0.5, 0.6) is 0 Å². The fraction of sp³-hybridized carbons (Fsp3) is 0.429. The molecule has 0 aliphatic carbocycles. The number of amides is 1. The number of nitrogens with zero attached hydrogens (tertiary/aromatic N) is 1. The number of hydrogen-bond donors (Lipinski definition) is 1. The Morgan fingerprint density at radius 3 is 2.75 bits per heavy atom. The summed E-state index contributed by atoms with van der Waals surface area (Å²) in [6, 6.07) is 7.42. The van der Waals surface area contributed by atoms with E-state index in [9.17, 15) is 9.59 Å². The quantitative estimate of drug-likeness (QED) is 0.735. The van der Waals surface area contributed by atoms with Gasteiger partial charge in [0.1, 0.15) is 13.2 Å². The molecule has 110 valence electrons. The highest BCUT2D eigenvalue weighted by atomic mass is 79.9. The van der Waals surface area contributed by atoms with Crippen LogP contribution < -0.4 is 0 Å². The zero-order valence-electron chi connectivity index (χ0n) is 11.3. The van der Waals surface area contributed by atoms with Crippen molar-refractivity contribution in [2.75, 3.05) is 19.8 Å². The second-order valence-electron chi connectivity index (χ2n) is 4.33. The van der Waals surface area contributed by atoms with Crippen LogP contribution in [0.4, 0.5) is 0 Å². The number of carbonyl (C=O) groups is 2. The van der Waals surface area contributed by atoms with Crippen LogP contribution in [-0.2, 0) is 20.9 Å². The van der Waals surface area contributed by atoms with Crippen molar-refractivity contribution in [1.29, 1.82) is 0 Å². The molecule has 0 fully saturated rings. The van der Waals surface area contributed by atoms with Crippen LogP contribution in [0.2, 0.25) is 0 Å². The lowest BCUT2D eigenvalue weighted by atomic mass is 10.2. The van der Waals surface area contributed by atoms with E-state index in [0.29, 0.717) is 6.61 Å². The molecule has 0 saturated heterocycles. The topological polar surface area (TPSA) is 66.8 Å². The van der Waals surface area contributed by atoms with E-state index in [4.69, 9.17) is 9.84 Å². The van der Waals surface area contributed by atoms with E-state index >= 15 is 0 Å². The van der Waals surface area contributed by atoms with Gasteiger partial charge in [-0.2, -0.15) is 0 Å². The van der Waals surface area contributed by atoms with Crippen LogP contribution in [-0.4, -0.2) is 41.6 Å². The number of aliphatic carboxylic acids is 1. The largest absolute Gasteiger partial charge is 0.480 e. The van der Waals surface area contributed by atoms with Gasteiger partial charge in [0.2, 0.25) is 5.91 Å². The maximum absolute atomic E-state index is 12.0. The Morgan fingerprint density at radius 2 is 2.15 bits per heavy atom. The maximum Gasteiger partial charge on any atom is 0.323 e. The SMILES string of the molecule is CCCOCC(=O)N(CC(=O)O)Cc1cccc(Br)c1. The van der Waals surface area contributed by atoms with Gasteiger partial charge in [-0.15, -0.1) is 0 Å². The van der Waals surface area contributed by atoms with E-state index in [1.54, 1.807) is 0 Å². The van der Waals surface area contributed by atoms with Crippen LogP contribution in [0.1, 0.15) is 18.9 Å². The van der Waals surface area contributed by atoms with Crippen molar-refractivity contribution in [3.8, 4) is 0 Å². The number of hydrogen-bond acceptors (Lipinski definition) is 3. The Kier molecular flexibility index (Phi) is 7.25. The molecule has 0 bridgehead atoms. The van der Waals surface area contributed by atoms with E-state index < -0.39 is 5.97 Å². The molecule has 0 aromatic heterocycles. The molecule has 20 heavy (non-hydrogen) atoms. The number of benzene rings is 1. The second-order valence-corrected chi connectivity index (χ2v) is 5.24. The van der Waals surface area contributed by atoms with Crippen molar-refractivity contribution in [3.05, 3.63) is 34.3 Å². The lowest BCUT2D eigenvalue weighted by Crippen LogP contribution is -2.37. The van der Waals surface area contributed by atoms with Gasteiger partial charge in [-0.1, -0.05) is 35.0 Å². The van der Waals surface area contributed by atoms with Gasteiger partial charge in [0.25, 0.3) is 0 Å². The molecule has 0 unspecified atom stereocenters. The van der Waals surface area contributed by atoms with E-state index in [2.05, 4.69) is 15.9 Å². The first-order valence-corrected chi connectivity index (χ1v) is 7.14. The molecule has 1 amide bonds. The third-order valence-corrected chi connectivity index (χ3v) is 3.01. The summed E-state index contributed by atoms with van der Waals surface area (Å²) >= 11 is 3.35. The minimum absolute atomic E-state index is 0.0882. The van der Waals surface area contributed by atoms with Crippen LogP contribution in [0.15, 0.2) is 28.7 Å². The van der Waals surface area contributed by atoms with Gasteiger partial charge in [-0.3, -0.25) is 9.59 Å². The minimum Gasteiger partial charge on any atom is -0.480 e. The monoisotopic (exact) mass is 343 g/mol. The fourth-order valence-electron chi connectivity index (χ4n) is 1.65. The molecule has 0 spiro atoms. The summed E-state index contributed by atoms with van der Waals surface area (Å²) in [7, 11) is 0. The first kappa shape index (κ1) is 16.7. The van der Waals surface area contributed by atoms with Crippen LogP contribution in [0.25, 0.3) is 0 Å². The average molecular weight is 344 g/mol. The Labute approximate surface area is 126 Å². The molecule has 0 atom stereocenters. The first-order chi connectivity index (χ1) is 9.52. The number of carboxylic acid groups (broad SMARTS) is 1. The van der Waals surface area contributed by atoms with Crippen molar-refractivity contribution in [2.45, 2.75) is 19.9 Å². The molecule has 1 aromatic rings. The van der Waals surface area contributed by atoms with Crippen LogP contribution >= 0.6 is 15.9 Å². The smallest absolute Gasteiger partial charge is 0.323 e. The van der Waals surface area contributed by atoms with Gasteiger partial charge >= 0.3 is 5.97 Å². The normalized spacial score (nSPS) is 10.3. The van der Waals surface area contributed by atoms with Gasteiger partial charge in [-0.25, -0.2) is 0 Å². The zero-order valence-corrected chi connectivity index (χ0v) is 12.9. The summed E-state index contributed by atoms with van der Waals surface area (Å²) in [5, 5.41) is 8.89. The number of halogens is 1. The summed E-state index contributed by atoms with van der Waals surface area (Å²) in [5.41, 5.74) is 0.865. The Morgan fingerprint density at radius 1 is 1.40 bits per heavy atom.